The molecule has 0 fully saturated rings. The van der Waals surface area contributed by atoms with Crippen molar-refractivity contribution >= 4 is 45.8 Å². The van der Waals surface area contributed by atoms with Gasteiger partial charge in [-0.3, -0.25) is 19.8 Å². The van der Waals surface area contributed by atoms with Gasteiger partial charge in [-0.1, -0.05) is 39.8 Å². The zero-order chi connectivity index (χ0) is 40.9. The molecule has 0 spiro atoms. The number of hydrazone groups is 2. The summed E-state index contributed by atoms with van der Waals surface area (Å²) in [6.45, 7) is 14.1. The third-order valence-electron chi connectivity index (χ3n) is 9.59. The molecule has 0 aliphatic rings. The third kappa shape index (κ3) is 6.54. The van der Waals surface area contributed by atoms with Gasteiger partial charge in [0.1, 0.15) is 11.5 Å². The summed E-state index contributed by atoms with van der Waals surface area (Å²) in [7, 11) is 0. The molecule has 0 atom stereocenters. The molecule has 0 unspecified atom stereocenters. The fourth-order valence-electron chi connectivity index (χ4n) is 7.12. The lowest BCUT2D eigenvalue weighted by Crippen LogP contribution is -2.18. The van der Waals surface area contributed by atoms with Gasteiger partial charge in [-0.25, -0.2) is 10.9 Å². The number of amides is 2. The number of carbonyl (C=O) groups is 2. The number of aromatic amines is 2. The largest absolute Gasteiger partial charge is 0.507 e. The maximum Gasteiger partial charge on any atom is 0.291 e. The second-order valence-electron chi connectivity index (χ2n) is 14.3. The van der Waals surface area contributed by atoms with Gasteiger partial charge >= 0.3 is 0 Å². The standard InChI is InChI=1S/C40H42N8O8/c1-15(2)27-21-9-17(5)29(35(51)31(21)23(33(49)37(27)53)13-41-47-39(55)25-11-19(7)43-45-25)30-18(6)10-22-28(16(3)4)38(54)34(50)24(32(22)36(30)52)14-42-48-40(56)26-12-20(8)44-46-26/h9-16,49-54H,1-8H3,(H,43,45)(H,44,46)(H,47,55)(H,48,56)/b41-13-,42-14-. The van der Waals surface area contributed by atoms with E-state index in [0.717, 1.165) is 12.4 Å². The zero-order valence-electron chi connectivity index (χ0n) is 31.9. The number of hydrogen-bond donors (Lipinski definition) is 10. The van der Waals surface area contributed by atoms with E-state index in [-0.39, 0.29) is 56.2 Å². The van der Waals surface area contributed by atoms with Gasteiger partial charge in [0, 0.05) is 44.4 Å². The number of fused-ring (bicyclic) bond motifs is 2. The molecule has 10 N–H and O–H groups in total. The first-order chi connectivity index (χ1) is 26.4. The van der Waals surface area contributed by atoms with Crippen molar-refractivity contribution < 1.29 is 40.2 Å². The lowest BCUT2D eigenvalue weighted by molar-refractivity contribution is 0.0942. The maximum atomic E-state index is 12.7. The highest BCUT2D eigenvalue weighted by Crippen LogP contribution is 2.54. The molecule has 0 saturated heterocycles. The molecule has 2 aromatic heterocycles. The molecule has 16 nitrogen and oxygen atoms in total. The highest BCUT2D eigenvalue weighted by molar-refractivity contribution is 6.15. The number of nitrogens with zero attached hydrogens (tertiary/aromatic N) is 4. The summed E-state index contributed by atoms with van der Waals surface area (Å²) < 4.78 is 0. The third-order valence-corrected chi connectivity index (χ3v) is 9.59. The SMILES string of the molecule is Cc1cc(C(=O)N/N=C\c2c(O)c(O)c(C(C)C)c3cc(C)c(-c4c(C)cc5c(C(C)C)c(O)c(O)c(/C=N\NC(=O)c6cc(C)[nH]n6)c5c4O)c(O)c23)n[nH]1. The Labute approximate surface area is 320 Å². The molecule has 56 heavy (non-hydrogen) atoms. The normalized spacial score (nSPS) is 12.0. The predicted octanol–water partition coefficient (Wildman–Crippen LogP) is 6.35. The molecular formula is C40H42N8O8. The van der Waals surface area contributed by atoms with Crippen molar-refractivity contribution in [1.29, 1.82) is 0 Å². The molecule has 0 radical (unpaired) electrons. The molecule has 6 rings (SSSR count). The predicted molar refractivity (Wildman–Crippen MR) is 211 cm³/mol. The van der Waals surface area contributed by atoms with Crippen molar-refractivity contribution in [3.05, 3.63) is 80.4 Å². The van der Waals surface area contributed by atoms with Gasteiger partial charge in [-0.15, -0.1) is 0 Å². The summed E-state index contributed by atoms with van der Waals surface area (Å²) in [6.07, 6.45) is 2.18. The maximum absolute atomic E-state index is 12.7. The van der Waals surface area contributed by atoms with Gasteiger partial charge in [0.15, 0.2) is 34.4 Å². The molecular weight excluding hydrogens is 720 g/mol. The summed E-state index contributed by atoms with van der Waals surface area (Å²) in [4.78, 5) is 25.4. The summed E-state index contributed by atoms with van der Waals surface area (Å²) in [6, 6.07) is 6.43. The topological polar surface area (TPSA) is 262 Å². The minimum atomic E-state index is -0.653. The monoisotopic (exact) mass is 762 g/mol. The number of H-pyrrole nitrogens is 2. The highest BCUT2D eigenvalue weighted by atomic mass is 16.3. The molecule has 0 saturated carbocycles. The Morgan fingerprint density at radius 3 is 1.25 bits per heavy atom. The number of carbonyl (C=O) groups excluding carboxylic acids is 2. The van der Waals surface area contributed by atoms with Gasteiger partial charge in [0.25, 0.3) is 11.8 Å². The van der Waals surface area contributed by atoms with E-state index in [1.165, 1.54) is 12.1 Å². The quantitative estimate of drug-likeness (QED) is 0.0443. The Morgan fingerprint density at radius 2 is 0.946 bits per heavy atom. The number of aromatic nitrogens is 4. The first-order valence-electron chi connectivity index (χ1n) is 17.6. The number of benzene rings is 4. The van der Waals surface area contributed by atoms with Crippen molar-refractivity contribution in [2.45, 2.75) is 67.2 Å². The lowest BCUT2D eigenvalue weighted by Gasteiger charge is -2.23. The van der Waals surface area contributed by atoms with Crippen LogP contribution < -0.4 is 10.9 Å². The van der Waals surface area contributed by atoms with Crippen LogP contribution in [0.1, 0.15) is 105 Å². The lowest BCUT2D eigenvalue weighted by atomic mass is 9.83. The Bertz CT molecular complexity index is 2470. The van der Waals surface area contributed by atoms with Crippen LogP contribution in [-0.4, -0.2) is 75.3 Å². The van der Waals surface area contributed by atoms with Crippen LogP contribution in [0.25, 0.3) is 32.7 Å². The van der Waals surface area contributed by atoms with Gasteiger partial charge < -0.3 is 30.6 Å². The van der Waals surface area contributed by atoms with Gasteiger partial charge in [-0.05, 0) is 73.6 Å². The number of nitrogens with one attached hydrogen (secondary N) is 4. The van der Waals surface area contributed by atoms with E-state index in [9.17, 15) is 40.2 Å². The summed E-state index contributed by atoms with van der Waals surface area (Å²) in [5, 5.41) is 91.7. The Kier molecular flexibility index (Phi) is 10.1. The molecule has 0 bridgehead atoms. The van der Waals surface area contributed by atoms with Crippen LogP contribution in [0.15, 0.2) is 34.5 Å². The van der Waals surface area contributed by atoms with Crippen molar-refractivity contribution in [3.8, 4) is 45.6 Å². The average Bonchev–Trinajstić information content (AvgIpc) is 3.77. The summed E-state index contributed by atoms with van der Waals surface area (Å²) in [5.74, 6) is -4.84. The molecule has 2 amide bonds. The summed E-state index contributed by atoms with van der Waals surface area (Å²) in [5.41, 5.74) is 7.73. The zero-order valence-corrected chi connectivity index (χ0v) is 31.9. The van der Waals surface area contributed by atoms with Crippen LogP contribution >= 0.6 is 0 Å². The average molecular weight is 763 g/mol. The van der Waals surface area contributed by atoms with Crippen LogP contribution in [0.3, 0.4) is 0 Å². The second-order valence-corrected chi connectivity index (χ2v) is 14.3. The Hall–Kier alpha value is -7.10. The van der Waals surface area contributed by atoms with Crippen molar-refractivity contribution in [2.24, 2.45) is 10.2 Å². The minimum absolute atomic E-state index is 0.0617. The van der Waals surface area contributed by atoms with E-state index >= 15 is 0 Å². The Morgan fingerprint density at radius 1 is 0.589 bits per heavy atom. The number of rotatable bonds is 9. The molecule has 16 heteroatoms. The first-order valence-corrected chi connectivity index (χ1v) is 17.6. The first kappa shape index (κ1) is 38.6. The second kappa shape index (κ2) is 14.6. The number of phenols is 6. The van der Waals surface area contributed by atoms with Gasteiger partial charge in [0.05, 0.1) is 23.6 Å². The fraction of sp³-hybridized carbons (Fsp3) is 0.250. The van der Waals surface area contributed by atoms with Crippen molar-refractivity contribution in [2.75, 3.05) is 0 Å². The van der Waals surface area contributed by atoms with E-state index in [4.69, 9.17) is 0 Å². The summed E-state index contributed by atoms with van der Waals surface area (Å²) >= 11 is 0. The molecule has 6 aromatic rings. The smallest absolute Gasteiger partial charge is 0.291 e. The van der Waals surface area contributed by atoms with Crippen LogP contribution in [-0.2, 0) is 0 Å². The molecule has 4 aromatic carbocycles. The van der Waals surface area contributed by atoms with E-state index < -0.39 is 46.3 Å². The molecule has 2 heterocycles. The number of phenolic OH excluding ortho intramolecular Hbond substituents is 6. The molecule has 0 aliphatic carbocycles. The van der Waals surface area contributed by atoms with E-state index in [1.807, 2.05) is 27.7 Å². The van der Waals surface area contributed by atoms with Gasteiger partial charge in [0.2, 0.25) is 0 Å². The van der Waals surface area contributed by atoms with Crippen LogP contribution in [0.4, 0.5) is 0 Å². The highest BCUT2D eigenvalue weighted by Gasteiger charge is 2.29. The number of aryl methyl sites for hydroxylation is 4. The van der Waals surface area contributed by atoms with E-state index in [0.29, 0.717) is 44.4 Å². The Balaban J connectivity index is 1.60. The molecule has 290 valence electrons. The van der Waals surface area contributed by atoms with Crippen molar-refractivity contribution in [3.63, 3.8) is 0 Å². The van der Waals surface area contributed by atoms with E-state index in [2.05, 4.69) is 41.4 Å². The fourth-order valence-corrected chi connectivity index (χ4v) is 7.12. The van der Waals surface area contributed by atoms with Crippen LogP contribution in [0.5, 0.6) is 34.5 Å². The van der Waals surface area contributed by atoms with Crippen molar-refractivity contribution in [1.82, 2.24) is 31.2 Å². The number of aromatic hydroxyl groups is 6. The number of hydrogen-bond acceptors (Lipinski definition) is 12. The molecule has 0 aliphatic heterocycles. The van der Waals surface area contributed by atoms with Gasteiger partial charge in [-0.2, -0.15) is 20.4 Å². The van der Waals surface area contributed by atoms with Crippen LogP contribution in [0, 0.1) is 27.7 Å². The minimum Gasteiger partial charge on any atom is -0.507 e. The van der Waals surface area contributed by atoms with E-state index in [1.54, 1.807) is 39.8 Å². The van der Waals surface area contributed by atoms with Crippen LogP contribution in [0.2, 0.25) is 0 Å².